The Labute approximate surface area is 194 Å². The van der Waals surface area contributed by atoms with E-state index in [9.17, 15) is 4.79 Å². The van der Waals surface area contributed by atoms with E-state index < -0.39 is 8.07 Å². The van der Waals surface area contributed by atoms with Gasteiger partial charge in [-0.1, -0.05) is 66.8 Å². The van der Waals surface area contributed by atoms with Crippen molar-refractivity contribution in [1.29, 1.82) is 0 Å². The number of hydrogen-bond acceptors (Lipinski definition) is 2. The van der Waals surface area contributed by atoms with Crippen molar-refractivity contribution in [3.8, 4) is 0 Å². The minimum atomic E-state index is -1.50. The maximum atomic E-state index is 13.5. The molecule has 2 aromatic carbocycles. The zero-order valence-corrected chi connectivity index (χ0v) is 20.4. The van der Waals surface area contributed by atoms with E-state index in [2.05, 4.69) is 88.9 Å². The van der Waals surface area contributed by atoms with Gasteiger partial charge in [-0.15, -0.1) is 0 Å². The molecular formula is C27H28N4OSi. The number of carbonyl (C=O) groups is 1. The minimum Gasteiger partial charge on any atom is -0.346 e. The van der Waals surface area contributed by atoms with Crippen molar-refractivity contribution < 1.29 is 4.79 Å². The van der Waals surface area contributed by atoms with Crippen LogP contribution in [0.3, 0.4) is 0 Å². The molecule has 1 amide bonds. The van der Waals surface area contributed by atoms with Crippen molar-refractivity contribution in [2.45, 2.75) is 33.1 Å². The van der Waals surface area contributed by atoms with E-state index in [-0.39, 0.29) is 5.91 Å². The molecule has 6 heteroatoms. The molecule has 5 aromatic rings. The van der Waals surface area contributed by atoms with Gasteiger partial charge in [-0.3, -0.25) is 4.79 Å². The summed E-state index contributed by atoms with van der Waals surface area (Å²) in [4.78, 5) is 20.9. The third-order valence-corrected chi connectivity index (χ3v) is 8.13. The van der Waals surface area contributed by atoms with Crippen LogP contribution in [-0.4, -0.2) is 28.5 Å². The fraction of sp³-hybridized carbons (Fsp3) is 0.185. The van der Waals surface area contributed by atoms with Gasteiger partial charge in [0.25, 0.3) is 5.91 Å². The molecule has 0 aliphatic carbocycles. The van der Waals surface area contributed by atoms with Crippen molar-refractivity contribution >= 4 is 46.8 Å². The number of carbonyl (C=O) groups excluding carboxylic acids is 1. The van der Waals surface area contributed by atoms with Gasteiger partial charge < -0.3 is 14.9 Å². The first-order valence-electron chi connectivity index (χ1n) is 11.2. The van der Waals surface area contributed by atoms with Crippen LogP contribution in [0.4, 0.5) is 5.69 Å². The lowest BCUT2D eigenvalue weighted by molar-refractivity contribution is 0.101. The highest BCUT2D eigenvalue weighted by atomic mass is 28.3. The number of benzene rings is 2. The van der Waals surface area contributed by atoms with E-state index in [0.717, 1.165) is 21.9 Å². The standard InChI is InChI=1S/C27H28N4OSi/c1-18-6-5-7-19(12-18)17-31-24-15-23(33(2,3)4)9-8-20(24)14-25(31)27(32)30-22-13-21-10-11-28-26(21)29-16-22/h5-16H,17H2,1-4H3,(H,28,29)(H,30,32). The predicted molar refractivity (Wildman–Crippen MR) is 139 cm³/mol. The van der Waals surface area contributed by atoms with Gasteiger partial charge in [0.1, 0.15) is 11.3 Å². The van der Waals surface area contributed by atoms with Gasteiger partial charge in [0.15, 0.2) is 0 Å². The smallest absolute Gasteiger partial charge is 0.272 e. The van der Waals surface area contributed by atoms with Gasteiger partial charge >= 0.3 is 0 Å². The average Bonchev–Trinajstić information content (AvgIpc) is 3.37. The van der Waals surface area contributed by atoms with Crippen LogP contribution in [-0.2, 0) is 6.54 Å². The SMILES string of the molecule is Cc1cccc(Cn2c(C(=O)Nc3cnc4[nH]ccc4c3)cc3ccc([Si](C)(C)C)cc32)c1. The first-order valence-corrected chi connectivity index (χ1v) is 14.7. The molecule has 33 heavy (non-hydrogen) atoms. The highest BCUT2D eigenvalue weighted by Crippen LogP contribution is 2.24. The van der Waals surface area contributed by atoms with Crippen molar-refractivity contribution in [3.05, 3.63) is 89.9 Å². The van der Waals surface area contributed by atoms with E-state index in [0.29, 0.717) is 17.9 Å². The number of amides is 1. The number of nitrogens with one attached hydrogen (secondary N) is 2. The Bertz CT molecular complexity index is 1490. The summed E-state index contributed by atoms with van der Waals surface area (Å²) in [5.41, 5.74) is 5.62. The summed E-state index contributed by atoms with van der Waals surface area (Å²) >= 11 is 0. The quantitative estimate of drug-likeness (QED) is 0.337. The molecule has 0 bridgehead atoms. The van der Waals surface area contributed by atoms with Crippen molar-refractivity contribution in [2.75, 3.05) is 5.32 Å². The van der Waals surface area contributed by atoms with E-state index in [4.69, 9.17) is 0 Å². The van der Waals surface area contributed by atoms with E-state index in [1.165, 1.54) is 16.3 Å². The zero-order valence-electron chi connectivity index (χ0n) is 19.4. The fourth-order valence-electron chi connectivity index (χ4n) is 4.28. The van der Waals surface area contributed by atoms with Crippen LogP contribution in [0.25, 0.3) is 21.9 Å². The van der Waals surface area contributed by atoms with E-state index in [1.54, 1.807) is 6.20 Å². The highest BCUT2D eigenvalue weighted by molar-refractivity contribution is 6.88. The Morgan fingerprint density at radius 2 is 1.88 bits per heavy atom. The molecule has 0 fully saturated rings. The molecule has 0 saturated heterocycles. The van der Waals surface area contributed by atoms with Gasteiger partial charge in [0.05, 0.1) is 20.0 Å². The number of aromatic nitrogens is 3. The van der Waals surface area contributed by atoms with Crippen LogP contribution in [0, 0.1) is 6.92 Å². The Hall–Kier alpha value is -3.64. The van der Waals surface area contributed by atoms with Crippen LogP contribution in [0.5, 0.6) is 0 Å². The molecule has 0 aliphatic rings. The molecule has 3 aromatic heterocycles. The third-order valence-electron chi connectivity index (χ3n) is 6.08. The van der Waals surface area contributed by atoms with Gasteiger partial charge in [0, 0.05) is 29.0 Å². The molecule has 0 aliphatic heterocycles. The molecule has 3 heterocycles. The van der Waals surface area contributed by atoms with Gasteiger partial charge in [-0.05, 0) is 36.8 Å². The average molecular weight is 453 g/mol. The largest absolute Gasteiger partial charge is 0.346 e. The summed E-state index contributed by atoms with van der Waals surface area (Å²) in [5, 5.41) is 6.48. The molecule has 166 valence electrons. The maximum Gasteiger partial charge on any atom is 0.272 e. The van der Waals surface area contributed by atoms with Crippen molar-refractivity contribution in [3.63, 3.8) is 0 Å². The lowest BCUT2D eigenvalue weighted by Crippen LogP contribution is -2.37. The van der Waals surface area contributed by atoms with Gasteiger partial charge in [-0.2, -0.15) is 0 Å². The number of nitrogens with zero attached hydrogens (tertiary/aromatic N) is 2. The lowest BCUT2D eigenvalue weighted by atomic mass is 10.1. The number of fused-ring (bicyclic) bond motifs is 2. The second kappa shape index (κ2) is 8.05. The molecule has 2 N–H and O–H groups in total. The Morgan fingerprint density at radius 1 is 1.03 bits per heavy atom. The summed E-state index contributed by atoms with van der Waals surface area (Å²) in [7, 11) is -1.50. The van der Waals surface area contributed by atoms with Crippen LogP contribution in [0.1, 0.15) is 21.6 Å². The fourth-order valence-corrected chi connectivity index (χ4v) is 5.43. The van der Waals surface area contributed by atoms with Crippen LogP contribution >= 0.6 is 0 Å². The van der Waals surface area contributed by atoms with E-state index >= 15 is 0 Å². The molecular weight excluding hydrogens is 424 g/mol. The highest BCUT2D eigenvalue weighted by Gasteiger charge is 2.21. The number of aryl methyl sites for hydroxylation is 1. The molecule has 0 unspecified atom stereocenters. The minimum absolute atomic E-state index is 0.134. The Kier molecular flexibility index (Phi) is 5.17. The van der Waals surface area contributed by atoms with Crippen molar-refractivity contribution in [1.82, 2.24) is 14.5 Å². The maximum absolute atomic E-state index is 13.5. The lowest BCUT2D eigenvalue weighted by Gasteiger charge is -2.18. The monoisotopic (exact) mass is 452 g/mol. The van der Waals surface area contributed by atoms with E-state index in [1.807, 2.05) is 24.4 Å². The second-order valence-corrected chi connectivity index (χ2v) is 14.8. The Morgan fingerprint density at radius 3 is 2.67 bits per heavy atom. The molecule has 0 saturated carbocycles. The number of hydrogen-bond donors (Lipinski definition) is 2. The number of aromatic amines is 1. The first kappa shape index (κ1) is 21.2. The van der Waals surface area contributed by atoms with Crippen LogP contribution < -0.4 is 10.5 Å². The second-order valence-electron chi connectivity index (χ2n) is 9.72. The van der Waals surface area contributed by atoms with Gasteiger partial charge in [0.2, 0.25) is 0 Å². The topological polar surface area (TPSA) is 62.7 Å². The number of pyridine rings is 1. The van der Waals surface area contributed by atoms with Crippen LogP contribution in [0.2, 0.25) is 19.6 Å². The number of H-pyrrole nitrogens is 1. The summed E-state index contributed by atoms with van der Waals surface area (Å²) in [5.74, 6) is -0.134. The summed E-state index contributed by atoms with van der Waals surface area (Å²) in [6, 6.07) is 21.0. The van der Waals surface area contributed by atoms with Gasteiger partial charge in [-0.25, -0.2) is 4.98 Å². The number of rotatable bonds is 5. The molecule has 5 rings (SSSR count). The third kappa shape index (κ3) is 4.22. The normalized spacial score (nSPS) is 11.9. The number of anilines is 1. The first-order chi connectivity index (χ1) is 15.8. The van der Waals surface area contributed by atoms with Crippen molar-refractivity contribution in [2.24, 2.45) is 0 Å². The molecule has 5 nitrogen and oxygen atoms in total. The summed E-state index contributed by atoms with van der Waals surface area (Å²) in [6.45, 7) is 9.77. The molecule has 0 atom stereocenters. The molecule has 0 spiro atoms. The summed E-state index contributed by atoms with van der Waals surface area (Å²) in [6.07, 6.45) is 3.53. The van der Waals surface area contributed by atoms with Crippen LogP contribution in [0.15, 0.2) is 73.1 Å². The Balaban J connectivity index is 1.59. The summed E-state index contributed by atoms with van der Waals surface area (Å²) < 4.78 is 2.14. The zero-order chi connectivity index (χ0) is 23.2. The molecule has 0 radical (unpaired) electrons. The predicted octanol–water partition coefficient (Wildman–Crippen LogP) is 5.67.